The standard InChI is InChI=1S/C13H10BrNO2/c1-9-6-11(14)3-4-12(9)17-13-5-2-10(8-16)7-15-13/h2-8H,1H3. The molecule has 3 nitrogen and oxygen atoms in total. The Morgan fingerprint density at radius 3 is 2.71 bits per heavy atom. The molecular weight excluding hydrogens is 282 g/mol. The van der Waals surface area contributed by atoms with Gasteiger partial charge >= 0.3 is 0 Å². The van der Waals surface area contributed by atoms with E-state index >= 15 is 0 Å². The van der Waals surface area contributed by atoms with E-state index in [9.17, 15) is 4.79 Å². The van der Waals surface area contributed by atoms with Crippen LogP contribution in [0.25, 0.3) is 0 Å². The molecule has 0 fully saturated rings. The van der Waals surface area contributed by atoms with Gasteiger partial charge in [-0.15, -0.1) is 0 Å². The number of halogens is 1. The minimum Gasteiger partial charge on any atom is -0.439 e. The summed E-state index contributed by atoms with van der Waals surface area (Å²) in [7, 11) is 0. The van der Waals surface area contributed by atoms with E-state index in [1.165, 1.54) is 6.20 Å². The molecule has 0 amide bonds. The highest BCUT2D eigenvalue weighted by atomic mass is 79.9. The van der Waals surface area contributed by atoms with Gasteiger partial charge in [0.2, 0.25) is 5.88 Å². The molecule has 2 aromatic rings. The second-order valence-electron chi connectivity index (χ2n) is 3.56. The first-order valence-corrected chi connectivity index (χ1v) is 5.83. The summed E-state index contributed by atoms with van der Waals surface area (Å²) in [4.78, 5) is 14.5. The quantitative estimate of drug-likeness (QED) is 0.809. The Hall–Kier alpha value is -1.68. The fraction of sp³-hybridized carbons (Fsp3) is 0.0769. The lowest BCUT2D eigenvalue weighted by atomic mass is 10.2. The van der Waals surface area contributed by atoms with Crippen LogP contribution in [0, 0.1) is 6.92 Å². The monoisotopic (exact) mass is 291 g/mol. The van der Waals surface area contributed by atoms with Gasteiger partial charge in [0.05, 0.1) is 0 Å². The van der Waals surface area contributed by atoms with Crippen molar-refractivity contribution in [3.63, 3.8) is 0 Å². The van der Waals surface area contributed by atoms with Gasteiger partial charge in [-0.2, -0.15) is 0 Å². The molecule has 0 radical (unpaired) electrons. The molecule has 0 aliphatic rings. The fourth-order valence-electron chi connectivity index (χ4n) is 1.36. The van der Waals surface area contributed by atoms with Crippen LogP contribution < -0.4 is 4.74 Å². The number of carbonyl (C=O) groups is 1. The minimum atomic E-state index is 0.473. The molecule has 0 aliphatic heterocycles. The van der Waals surface area contributed by atoms with Crippen LogP contribution in [-0.2, 0) is 0 Å². The largest absolute Gasteiger partial charge is 0.439 e. The van der Waals surface area contributed by atoms with Crippen molar-refractivity contribution < 1.29 is 9.53 Å². The van der Waals surface area contributed by atoms with E-state index in [2.05, 4.69) is 20.9 Å². The first kappa shape index (κ1) is 11.8. The van der Waals surface area contributed by atoms with E-state index in [1.54, 1.807) is 12.1 Å². The van der Waals surface area contributed by atoms with Gasteiger partial charge in [0.15, 0.2) is 6.29 Å². The second-order valence-corrected chi connectivity index (χ2v) is 4.48. The van der Waals surface area contributed by atoms with E-state index in [-0.39, 0.29) is 0 Å². The second kappa shape index (κ2) is 5.10. The Morgan fingerprint density at radius 2 is 2.12 bits per heavy atom. The lowest BCUT2D eigenvalue weighted by molar-refractivity contribution is 0.112. The van der Waals surface area contributed by atoms with Gasteiger partial charge in [-0.3, -0.25) is 4.79 Å². The summed E-state index contributed by atoms with van der Waals surface area (Å²) < 4.78 is 6.62. The molecule has 2 rings (SSSR count). The molecule has 1 aromatic carbocycles. The zero-order valence-electron chi connectivity index (χ0n) is 9.18. The molecule has 0 aliphatic carbocycles. The fourth-order valence-corrected chi connectivity index (χ4v) is 1.84. The first-order chi connectivity index (χ1) is 8.19. The Labute approximate surface area is 108 Å². The van der Waals surface area contributed by atoms with Crippen LogP contribution in [-0.4, -0.2) is 11.3 Å². The Kier molecular flexibility index (Phi) is 3.54. The van der Waals surface area contributed by atoms with Crippen molar-refractivity contribution in [2.45, 2.75) is 6.92 Å². The van der Waals surface area contributed by atoms with Gasteiger partial charge in [0, 0.05) is 22.3 Å². The molecular formula is C13H10BrNO2. The summed E-state index contributed by atoms with van der Waals surface area (Å²) in [5, 5.41) is 0. The molecule has 17 heavy (non-hydrogen) atoms. The summed E-state index contributed by atoms with van der Waals surface area (Å²) in [5.74, 6) is 1.22. The van der Waals surface area contributed by atoms with Crippen molar-refractivity contribution in [3.8, 4) is 11.6 Å². The number of rotatable bonds is 3. The third kappa shape index (κ3) is 2.91. The van der Waals surface area contributed by atoms with Crippen molar-refractivity contribution in [3.05, 3.63) is 52.1 Å². The van der Waals surface area contributed by atoms with Crippen LogP contribution in [0.2, 0.25) is 0 Å². The molecule has 1 heterocycles. The third-order valence-electron chi connectivity index (χ3n) is 2.25. The van der Waals surface area contributed by atoms with E-state index in [4.69, 9.17) is 4.74 Å². The van der Waals surface area contributed by atoms with Crippen molar-refractivity contribution >= 4 is 22.2 Å². The maximum absolute atomic E-state index is 10.5. The number of carbonyl (C=O) groups excluding carboxylic acids is 1. The number of aromatic nitrogens is 1. The normalized spacial score (nSPS) is 10.0. The summed E-state index contributed by atoms with van der Waals surface area (Å²) >= 11 is 3.39. The molecule has 0 spiro atoms. The number of benzene rings is 1. The number of ether oxygens (including phenoxy) is 1. The van der Waals surface area contributed by atoms with Gasteiger partial charge in [-0.25, -0.2) is 4.98 Å². The third-order valence-corrected chi connectivity index (χ3v) is 2.74. The molecule has 0 saturated carbocycles. The molecule has 1 aromatic heterocycles. The minimum absolute atomic E-state index is 0.473. The average Bonchev–Trinajstić information content (AvgIpc) is 2.34. The summed E-state index contributed by atoms with van der Waals surface area (Å²) in [6.07, 6.45) is 2.23. The number of aryl methyl sites for hydroxylation is 1. The maximum Gasteiger partial charge on any atom is 0.219 e. The highest BCUT2D eigenvalue weighted by Gasteiger charge is 2.03. The van der Waals surface area contributed by atoms with Crippen LogP contribution in [0.5, 0.6) is 11.6 Å². The van der Waals surface area contributed by atoms with Gasteiger partial charge in [0.25, 0.3) is 0 Å². The average molecular weight is 292 g/mol. The highest BCUT2D eigenvalue weighted by Crippen LogP contribution is 2.26. The topological polar surface area (TPSA) is 39.2 Å². The van der Waals surface area contributed by atoms with Crippen molar-refractivity contribution in [2.75, 3.05) is 0 Å². The number of hydrogen-bond donors (Lipinski definition) is 0. The molecule has 0 saturated heterocycles. The maximum atomic E-state index is 10.5. The van der Waals surface area contributed by atoms with Gasteiger partial charge in [-0.05, 0) is 36.8 Å². The Bertz CT molecular complexity index is 538. The molecule has 0 atom stereocenters. The van der Waals surface area contributed by atoms with Crippen LogP contribution >= 0.6 is 15.9 Å². The van der Waals surface area contributed by atoms with Gasteiger partial charge in [0.1, 0.15) is 5.75 Å². The van der Waals surface area contributed by atoms with Crippen molar-refractivity contribution in [1.82, 2.24) is 4.98 Å². The highest BCUT2D eigenvalue weighted by molar-refractivity contribution is 9.10. The number of nitrogens with zero attached hydrogens (tertiary/aromatic N) is 1. The van der Waals surface area contributed by atoms with E-state index < -0.39 is 0 Å². The Morgan fingerprint density at radius 1 is 1.29 bits per heavy atom. The molecule has 86 valence electrons. The number of aldehydes is 1. The van der Waals surface area contributed by atoms with E-state index in [0.29, 0.717) is 11.4 Å². The van der Waals surface area contributed by atoms with Gasteiger partial charge < -0.3 is 4.74 Å². The summed E-state index contributed by atoms with van der Waals surface area (Å²) in [6, 6.07) is 9.08. The lowest BCUT2D eigenvalue weighted by Gasteiger charge is -2.07. The number of hydrogen-bond acceptors (Lipinski definition) is 3. The lowest BCUT2D eigenvalue weighted by Crippen LogP contribution is -1.91. The SMILES string of the molecule is Cc1cc(Br)ccc1Oc1ccc(C=O)cn1. The molecule has 0 bridgehead atoms. The molecule has 4 heteroatoms. The van der Waals surface area contributed by atoms with E-state index in [1.807, 2.05) is 25.1 Å². The van der Waals surface area contributed by atoms with E-state index in [0.717, 1.165) is 22.1 Å². The van der Waals surface area contributed by atoms with Gasteiger partial charge in [-0.1, -0.05) is 15.9 Å². The van der Waals surface area contributed by atoms with Crippen molar-refractivity contribution in [1.29, 1.82) is 0 Å². The van der Waals surface area contributed by atoms with Crippen LogP contribution in [0.15, 0.2) is 41.0 Å². The summed E-state index contributed by atoms with van der Waals surface area (Å²) in [6.45, 7) is 1.96. The zero-order chi connectivity index (χ0) is 12.3. The predicted molar refractivity (Wildman–Crippen MR) is 68.6 cm³/mol. The first-order valence-electron chi connectivity index (χ1n) is 5.04. The smallest absolute Gasteiger partial charge is 0.219 e. The summed E-state index contributed by atoms with van der Waals surface area (Å²) in [5.41, 5.74) is 1.55. The zero-order valence-corrected chi connectivity index (χ0v) is 10.8. The predicted octanol–water partition coefficient (Wildman–Crippen LogP) is 3.76. The van der Waals surface area contributed by atoms with Crippen LogP contribution in [0.1, 0.15) is 15.9 Å². The van der Waals surface area contributed by atoms with Crippen LogP contribution in [0.3, 0.4) is 0 Å². The Balaban J connectivity index is 2.22. The molecule has 0 N–H and O–H groups in total. The van der Waals surface area contributed by atoms with Crippen LogP contribution in [0.4, 0.5) is 0 Å². The van der Waals surface area contributed by atoms with Crippen molar-refractivity contribution in [2.24, 2.45) is 0 Å². The molecule has 0 unspecified atom stereocenters. The number of pyridine rings is 1.